The molecule has 0 aromatic heterocycles. The zero-order chi connectivity index (χ0) is 19.7. The van der Waals surface area contributed by atoms with Gasteiger partial charge in [0.05, 0.1) is 6.04 Å². The van der Waals surface area contributed by atoms with Crippen molar-refractivity contribution in [1.82, 2.24) is 15.1 Å². The molecule has 0 bridgehead atoms. The highest BCUT2D eigenvalue weighted by molar-refractivity contribution is 5.78. The summed E-state index contributed by atoms with van der Waals surface area (Å²) in [6.45, 7) is 1.69. The Morgan fingerprint density at radius 1 is 1.22 bits per heavy atom. The number of rotatable bonds is 4. The molecule has 2 aliphatic rings. The van der Waals surface area contributed by atoms with Crippen molar-refractivity contribution in [1.29, 1.82) is 0 Å². The van der Waals surface area contributed by atoms with Crippen LogP contribution in [-0.4, -0.2) is 60.5 Å². The van der Waals surface area contributed by atoms with E-state index in [0.717, 1.165) is 12.5 Å². The first-order valence-corrected chi connectivity index (χ1v) is 8.95. The zero-order valence-corrected chi connectivity index (χ0v) is 15.1. The molecule has 3 amide bonds. The molecule has 9 heteroatoms. The predicted octanol–water partition coefficient (Wildman–Crippen LogP) is 1.24. The Labute approximate surface area is 155 Å². The molecule has 3 N–H and O–H groups in total. The van der Waals surface area contributed by atoms with Gasteiger partial charge in [0, 0.05) is 51.1 Å². The first-order chi connectivity index (χ1) is 12.8. The normalized spacial score (nSPS) is 22.7. The predicted molar refractivity (Wildman–Crippen MR) is 92.2 cm³/mol. The molecule has 3 rings (SSSR count). The summed E-state index contributed by atoms with van der Waals surface area (Å²) < 4.78 is 40.1. The third-order valence-corrected chi connectivity index (χ3v) is 5.38. The molecule has 1 aromatic carbocycles. The number of hydrogen-bond acceptors (Lipinski definition) is 3. The summed E-state index contributed by atoms with van der Waals surface area (Å²) in [7, 11) is 1.57. The Balaban J connectivity index is 1.59. The van der Waals surface area contributed by atoms with Crippen molar-refractivity contribution < 1.29 is 22.8 Å². The lowest BCUT2D eigenvalue weighted by atomic mass is 10.0. The second-order valence-corrected chi connectivity index (χ2v) is 7.19. The first kappa shape index (κ1) is 19.5. The number of halogens is 3. The van der Waals surface area contributed by atoms with Gasteiger partial charge in [-0.15, -0.1) is 0 Å². The average molecular weight is 384 g/mol. The Morgan fingerprint density at radius 2 is 1.93 bits per heavy atom. The van der Waals surface area contributed by atoms with Gasteiger partial charge < -0.3 is 20.9 Å². The van der Waals surface area contributed by atoms with Gasteiger partial charge in [-0.1, -0.05) is 0 Å². The van der Waals surface area contributed by atoms with Crippen molar-refractivity contribution in [2.24, 2.45) is 11.7 Å². The largest absolute Gasteiger partial charge is 0.341 e. The van der Waals surface area contributed by atoms with E-state index in [1.165, 1.54) is 0 Å². The minimum atomic E-state index is -1.26. The van der Waals surface area contributed by atoms with Crippen LogP contribution < -0.4 is 11.1 Å². The number of urea groups is 1. The lowest BCUT2D eigenvalue weighted by molar-refractivity contribution is -0.132. The Morgan fingerprint density at radius 3 is 2.63 bits per heavy atom. The third-order valence-electron chi connectivity index (χ3n) is 5.38. The number of amides is 3. The van der Waals surface area contributed by atoms with Crippen molar-refractivity contribution in [2.75, 3.05) is 26.7 Å². The van der Waals surface area contributed by atoms with E-state index in [1.807, 2.05) is 0 Å². The van der Waals surface area contributed by atoms with Gasteiger partial charge >= 0.3 is 6.03 Å². The molecule has 0 saturated carbocycles. The molecule has 2 aliphatic heterocycles. The summed E-state index contributed by atoms with van der Waals surface area (Å²) >= 11 is 0. The molecule has 2 heterocycles. The van der Waals surface area contributed by atoms with Gasteiger partial charge in [0.15, 0.2) is 11.6 Å². The van der Waals surface area contributed by atoms with Gasteiger partial charge in [0.25, 0.3) is 0 Å². The zero-order valence-electron chi connectivity index (χ0n) is 15.1. The summed E-state index contributed by atoms with van der Waals surface area (Å²) in [5, 5.41) is 2.58. The van der Waals surface area contributed by atoms with Crippen LogP contribution in [0.4, 0.5) is 18.0 Å². The van der Waals surface area contributed by atoms with Gasteiger partial charge in [-0.2, -0.15) is 0 Å². The van der Waals surface area contributed by atoms with Gasteiger partial charge in [-0.05, 0) is 24.5 Å². The summed E-state index contributed by atoms with van der Waals surface area (Å²) in [5.41, 5.74) is 5.91. The molecule has 3 atom stereocenters. The van der Waals surface area contributed by atoms with E-state index in [4.69, 9.17) is 5.73 Å². The Kier molecular flexibility index (Phi) is 5.59. The first-order valence-electron chi connectivity index (χ1n) is 8.95. The summed E-state index contributed by atoms with van der Waals surface area (Å²) in [4.78, 5) is 27.8. The molecular formula is C18H23F3N4O2. The van der Waals surface area contributed by atoms with Crippen LogP contribution in [0.3, 0.4) is 0 Å². The number of nitrogens with two attached hydrogens (primary N) is 1. The quantitative estimate of drug-likeness (QED) is 0.767. The van der Waals surface area contributed by atoms with Crippen LogP contribution in [0.2, 0.25) is 0 Å². The second-order valence-electron chi connectivity index (χ2n) is 7.19. The van der Waals surface area contributed by atoms with Crippen molar-refractivity contribution in [3.63, 3.8) is 0 Å². The topological polar surface area (TPSA) is 78.7 Å². The van der Waals surface area contributed by atoms with Crippen molar-refractivity contribution in [2.45, 2.75) is 31.3 Å². The number of likely N-dealkylation sites (tertiary alicyclic amines) is 2. The van der Waals surface area contributed by atoms with Crippen LogP contribution >= 0.6 is 0 Å². The number of hydrogen-bond donors (Lipinski definition) is 2. The van der Waals surface area contributed by atoms with Crippen molar-refractivity contribution >= 4 is 11.9 Å². The molecular weight excluding hydrogens is 361 g/mol. The molecule has 2 saturated heterocycles. The summed E-state index contributed by atoms with van der Waals surface area (Å²) in [5.74, 6) is -3.21. The number of carbonyl (C=O) groups is 2. The van der Waals surface area contributed by atoms with E-state index in [9.17, 15) is 22.8 Å². The van der Waals surface area contributed by atoms with E-state index < -0.39 is 23.5 Å². The maximum absolute atomic E-state index is 13.8. The molecule has 6 nitrogen and oxygen atoms in total. The van der Waals surface area contributed by atoms with E-state index in [-0.39, 0.29) is 42.3 Å². The number of nitrogens with one attached hydrogen (secondary N) is 1. The average Bonchev–Trinajstić information content (AvgIpc) is 3.19. The lowest BCUT2D eigenvalue weighted by Gasteiger charge is -2.26. The third kappa shape index (κ3) is 4.02. The lowest BCUT2D eigenvalue weighted by Crippen LogP contribution is -2.44. The minimum absolute atomic E-state index is 0.0262. The fourth-order valence-electron chi connectivity index (χ4n) is 4.01. The maximum Gasteiger partial charge on any atom is 0.317 e. The monoisotopic (exact) mass is 384 g/mol. The Bertz CT molecular complexity index is 746. The van der Waals surface area contributed by atoms with E-state index >= 15 is 0 Å². The van der Waals surface area contributed by atoms with Crippen LogP contribution in [0.1, 0.15) is 18.4 Å². The molecule has 0 radical (unpaired) electrons. The number of fused-ring (bicyclic) bond motifs is 1. The van der Waals surface area contributed by atoms with Crippen LogP contribution in [-0.2, 0) is 11.2 Å². The smallest absolute Gasteiger partial charge is 0.317 e. The van der Waals surface area contributed by atoms with E-state index in [0.29, 0.717) is 25.7 Å². The van der Waals surface area contributed by atoms with Crippen molar-refractivity contribution in [3.8, 4) is 0 Å². The van der Waals surface area contributed by atoms with E-state index in [2.05, 4.69) is 5.32 Å². The molecule has 2 fully saturated rings. The van der Waals surface area contributed by atoms with Crippen molar-refractivity contribution in [3.05, 3.63) is 35.1 Å². The number of benzene rings is 1. The highest BCUT2D eigenvalue weighted by Crippen LogP contribution is 2.32. The fourth-order valence-corrected chi connectivity index (χ4v) is 4.01. The second kappa shape index (κ2) is 7.75. The molecule has 27 heavy (non-hydrogen) atoms. The molecule has 148 valence electrons. The standard InChI is InChI=1S/C18H23F3N4O2/c1-23-18(27)24-8-10-2-3-25(16(10)9-24)17(26)6-12(22)4-11-5-14(20)15(21)7-13(11)19/h5,7,10,12,16H,2-4,6,8-9,22H2,1H3,(H,23,27)/t10-,12?,16+/m0/s1. The van der Waals surface area contributed by atoms with Gasteiger partial charge in [-0.25, -0.2) is 18.0 Å². The van der Waals surface area contributed by atoms with Crippen LogP contribution in [0.15, 0.2) is 12.1 Å². The maximum atomic E-state index is 13.8. The Hall–Kier alpha value is -2.29. The highest BCUT2D eigenvalue weighted by atomic mass is 19.2. The number of carbonyl (C=O) groups excluding carboxylic acids is 2. The van der Waals surface area contributed by atoms with Gasteiger partial charge in [-0.3, -0.25) is 4.79 Å². The van der Waals surface area contributed by atoms with Gasteiger partial charge in [0.2, 0.25) is 5.91 Å². The van der Waals surface area contributed by atoms with Gasteiger partial charge in [0.1, 0.15) is 5.82 Å². The number of nitrogens with zero attached hydrogens (tertiary/aromatic N) is 2. The van der Waals surface area contributed by atoms with Crippen LogP contribution in [0.25, 0.3) is 0 Å². The molecule has 0 spiro atoms. The van der Waals surface area contributed by atoms with Crippen LogP contribution in [0.5, 0.6) is 0 Å². The van der Waals surface area contributed by atoms with Crippen LogP contribution in [0, 0.1) is 23.4 Å². The molecule has 0 aliphatic carbocycles. The fraction of sp³-hybridized carbons (Fsp3) is 0.556. The van der Waals surface area contributed by atoms with E-state index in [1.54, 1.807) is 16.8 Å². The summed E-state index contributed by atoms with van der Waals surface area (Å²) in [6.07, 6.45) is 0.722. The SMILES string of the molecule is CNC(=O)N1C[C@@H]2CCN(C(=O)CC(N)Cc3cc(F)c(F)cc3F)[C@@H]2C1. The minimum Gasteiger partial charge on any atom is -0.341 e. The molecule has 1 unspecified atom stereocenters. The summed E-state index contributed by atoms with van der Waals surface area (Å²) in [6, 6.07) is 0.339. The highest BCUT2D eigenvalue weighted by Gasteiger charge is 2.44. The molecule has 1 aromatic rings.